The van der Waals surface area contributed by atoms with Crippen molar-refractivity contribution in [1.82, 2.24) is 0 Å². The van der Waals surface area contributed by atoms with Gasteiger partial charge in [-0.25, -0.2) is 13.2 Å². The topological polar surface area (TPSA) is 71.4 Å². The highest BCUT2D eigenvalue weighted by Gasteiger charge is 2.20. The Balaban J connectivity index is 3.22. The minimum atomic E-state index is -3.42. The molecule has 0 heterocycles. The third-order valence-electron chi connectivity index (χ3n) is 2.99. The lowest BCUT2D eigenvalue weighted by atomic mass is 10.1. The zero-order valence-electron chi connectivity index (χ0n) is 11.5. The van der Waals surface area contributed by atoms with Crippen LogP contribution >= 0.6 is 0 Å². The molecule has 0 aliphatic carbocycles. The Labute approximate surface area is 114 Å². The molecule has 5 heteroatoms. The Morgan fingerprint density at radius 1 is 1.32 bits per heavy atom. The van der Waals surface area contributed by atoms with Gasteiger partial charge >= 0.3 is 5.97 Å². The van der Waals surface area contributed by atoms with Gasteiger partial charge in [0.25, 0.3) is 0 Å². The normalized spacial score (nSPS) is 11.8. The number of rotatable bonds is 6. The molecule has 1 aromatic carbocycles. The van der Waals surface area contributed by atoms with E-state index in [2.05, 4.69) is 0 Å². The number of carbonyl (C=O) groups is 1. The molecule has 0 aromatic heterocycles. The van der Waals surface area contributed by atoms with Crippen LogP contribution in [0.3, 0.4) is 0 Å². The number of hydrogen-bond donors (Lipinski definition) is 1. The Kier molecular flexibility index (Phi) is 5.11. The van der Waals surface area contributed by atoms with Crippen molar-refractivity contribution in [3.8, 4) is 0 Å². The highest BCUT2D eigenvalue weighted by Crippen LogP contribution is 2.21. The third-order valence-corrected chi connectivity index (χ3v) is 4.82. The molecule has 0 bridgehead atoms. The molecule has 0 amide bonds. The van der Waals surface area contributed by atoms with Crippen LogP contribution in [-0.2, 0) is 16.3 Å². The van der Waals surface area contributed by atoms with Gasteiger partial charge in [-0.1, -0.05) is 26.8 Å². The summed E-state index contributed by atoms with van der Waals surface area (Å²) in [5.41, 5.74) is 0.689. The van der Waals surface area contributed by atoms with Crippen LogP contribution in [0, 0.1) is 5.92 Å². The predicted octanol–water partition coefficient (Wildman–Crippen LogP) is 2.77. The number of carboxylic acid groups (broad SMARTS) is 1. The molecule has 0 aliphatic rings. The minimum Gasteiger partial charge on any atom is -0.478 e. The Bertz CT molecular complexity index is 559. The lowest BCUT2D eigenvalue weighted by Crippen LogP contribution is -2.12. The summed E-state index contributed by atoms with van der Waals surface area (Å²) in [4.78, 5) is 11.1. The lowest BCUT2D eigenvalue weighted by Gasteiger charge is -2.11. The van der Waals surface area contributed by atoms with Gasteiger partial charge in [0.1, 0.15) is 0 Å². The van der Waals surface area contributed by atoms with E-state index in [-0.39, 0.29) is 16.2 Å². The first kappa shape index (κ1) is 15.7. The number of hydrogen-bond acceptors (Lipinski definition) is 3. The van der Waals surface area contributed by atoms with Crippen LogP contribution < -0.4 is 0 Å². The lowest BCUT2D eigenvalue weighted by molar-refractivity contribution is 0.0696. The van der Waals surface area contributed by atoms with Gasteiger partial charge in [-0.05, 0) is 36.5 Å². The first-order valence-electron chi connectivity index (χ1n) is 6.37. The van der Waals surface area contributed by atoms with Crippen molar-refractivity contribution in [2.45, 2.75) is 38.5 Å². The van der Waals surface area contributed by atoms with E-state index in [4.69, 9.17) is 5.11 Å². The average Bonchev–Trinajstić information content (AvgIpc) is 2.35. The maximum Gasteiger partial charge on any atom is 0.335 e. The molecule has 0 unspecified atom stereocenters. The van der Waals surface area contributed by atoms with E-state index >= 15 is 0 Å². The Hall–Kier alpha value is -1.36. The molecule has 0 saturated heterocycles. The first-order valence-corrected chi connectivity index (χ1v) is 8.02. The summed E-state index contributed by atoms with van der Waals surface area (Å²) in [5, 5.41) is 8.96. The predicted molar refractivity (Wildman–Crippen MR) is 74.3 cm³/mol. The summed E-state index contributed by atoms with van der Waals surface area (Å²) in [6.07, 6.45) is 1.14. The van der Waals surface area contributed by atoms with E-state index in [0.29, 0.717) is 24.3 Å². The maximum absolute atomic E-state index is 12.3. The largest absolute Gasteiger partial charge is 0.478 e. The molecule has 19 heavy (non-hydrogen) atoms. The van der Waals surface area contributed by atoms with Gasteiger partial charge in [-0.3, -0.25) is 0 Å². The smallest absolute Gasteiger partial charge is 0.335 e. The molecule has 1 aromatic rings. The molecular weight excluding hydrogens is 264 g/mol. The summed E-state index contributed by atoms with van der Waals surface area (Å²) >= 11 is 0. The fourth-order valence-corrected chi connectivity index (χ4v) is 3.69. The van der Waals surface area contributed by atoms with Gasteiger partial charge in [-0.15, -0.1) is 0 Å². The highest BCUT2D eigenvalue weighted by molar-refractivity contribution is 7.91. The van der Waals surface area contributed by atoms with Crippen LogP contribution in [0.1, 0.15) is 43.1 Å². The molecule has 0 atom stereocenters. The molecular formula is C14H20O4S. The molecule has 1 rings (SSSR count). The van der Waals surface area contributed by atoms with E-state index in [1.54, 1.807) is 6.07 Å². The fraction of sp³-hybridized carbons (Fsp3) is 0.500. The first-order chi connectivity index (χ1) is 8.77. The minimum absolute atomic E-state index is 0.0142. The molecule has 0 spiro atoms. The Morgan fingerprint density at radius 3 is 2.42 bits per heavy atom. The van der Waals surface area contributed by atoms with Crippen molar-refractivity contribution in [1.29, 1.82) is 0 Å². The molecule has 1 N–H and O–H groups in total. The summed E-state index contributed by atoms with van der Waals surface area (Å²) in [5.74, 6) is -0.758. The van der Waals surface area contributed by atoms with Crippen LogP contribution in [0.25, 0.3) is 0 Å². The summed E-state index contributed by atoms with van der Waals surface area (Å²) < 4.78 is 24.6. The van der Waals surface area contributed by atoms with Crippen molar-refractivity contribution in [2.24, 2.45) is 5.92 Å². The van der Waals surface area contributed by atoms with Crippen molar-refractivity contribution in [3.05, 3.63) is 29.3 Å². The number of aryl methyl sites for hydroxylation is 1. The SMILES string of the molecule is CCc1ccc(C(=O)O)cc1S(=O)(=O)CCC(C)C. The van der Waals surface area contributed by atoms with Gasteiger partial charge in [0, 0.05) is 0 Å². The van der Waals surface area contributed by atoms with Crippen molar-refractivity contribution in [3.63, 3.8) is 0 Å². The van der Waals surface area contributed by atoms with Crippen molar-refractivity contribution >= 4 is 15.8 Å². The van der Waals surface area contributed by atoms with Crippen molar-refractivity contribution in [2.75, 3.05) is 5.75 Å². The van der Waals surface area contributed by atoms with Crippen LogP contribution in [0.5, 0.6) is 0 Å². The molecule has 0 radical (unpaired) electrons. The molecule has 0 fully saturated rings. The monoisotopic (exact) mass is 284 g/mol. The van der Waals surface area contributed by atoms with Crippen LogP contribution in [0.4, 0.5) is 0 Å². The number of aromatic carboxylic acids is 1. The zero-order chi connectivity index (χ0) is 14.6. The van der Waals surface area contributed by atoms with Crippen LogP contribution in [0.15, 0.2) is 23.1 Å². The second kappa shape index (κ2) is 6.19. The molecule has 0 aliphatic heterocycles. The van der Waals surface area contributed by atoms with Crippen LogP contribution in [0.2, 0.25) is 0 Å². The van der Waals surface area contributed by atoms with Gasteiger partial charge in [-0.2, -0.15) is 0 Å². The second-order valence-electron chi connectivity index (χ2n) is 4.98. The van der Waals surface area contributed by atoms with Gasteiger partial charge in [0.15, 0.2) is 9.84 Å². The van der Waals surface area contributed by atoms with E-state index in [9.17, 15) is 13.2 Å². The molecule has 4 nitrogen and oxygen atoms in total. The number of sulfone groups is 1. The third kappa shape index (κ3) is 4.06. The standard InChI is InChI=1S/C14H20O4S/c1-4-11-5-6-12(14(15)16)9-13(11)19(17,18)8-7-10(2)3/h5-6,9-10H,4,7-8H2,1-3H3,(H,15,16). The van der Waals surface area contributed by atoms with Gasteiger partial charge in [0.05, 0.1) is 16.2 Å². The van der Waals surface area contributed by atoms with E-state index in [1.807, 2.05) is 20.8 Å². The quantitative estimate of drug-likeness (QED) is 0.872. The van der Waals surface area contributed by atoms with Crippen LogP contribution in [-0.4, -0.2) is 25.2 Å². The zero-order valence-corrected chi connectivity index (χ0v) is 12.3. The highest BCUT2D eigenvalue weighted by atomic mass is 32.2. The maximum atomic E-state index is 12.3. The van der Waals surface area contributed by atoms with E-state index < -0.39 is 15.8 Å². The van der Waals surface area contributed by atoms with Gasteiger partial charge < -0.3 is 5.11 Å². The summed E-state index contributed by atoms with van der Waals surface area (Å²) in [6, 6.07) is 4.31. The fourth-order valence-electron chi connectivity index (χ4n) is 1.77. The van der Waals surface area contributed by atoms with Gasteiger partial charge in [0.2, 0.25) is 0 Å². The second-order valence-corrected chi connectivity index (χ2v) is 7.06. The summed E-state index contributed by atoms with van der Waals surface area (Å²) in [7, 11) is -3.42. The molecule has 0 saturated carbocycles. The Morgan fingerprint density at radius 2 is 1.95 bits per heavy atom. The van der Waals surface area contributed by atoms with Crippen molar-refractivity contribution < 1.29 is 18.3 Å². The number of carboxylic acids is 1. The molecule has 106 valence electrons. The summed E-state index contributed by atoms with van der Waals surface area (Å²) in [6.45, 7) is 5.78. The number of benzene rings is 1. The average molecular weight is 284 g/mol. The van der Waals surface area contributed by atoms with E-state index in [0.717, 1.165) is 0 Å². The van der Waals surface area contributed by atoms with E-state index in [1.165, 1.54) is 12.1 Å².